The summed E-state index contributed by atoms with van der Waals surface area (Å²) in [4.78, 5) is 22.0. The van der Waals surface area contributed by atoms with Gasteiger partial charge in [-0.2, -0.15) is 0 Å². The zero-order chi connectivity index (χ0) is 16.1. The average molecular weight is 365 g/mol. The van der Waals surface area contributed by atoms with Crippen LogP contribution in [-0.4, -0.2) is 22.5 Å². The Kier molecular flexibility index (Phi) is 5.24. The van der Waals surface area contributed by atoms with E-state index in [-0.39, 0.29) is 18.1 Å². The third-order valence-corrected chi connectivity index (χ3v) is 3.52. The summed E-state index contributed by atoms with van der Waals surface area (Å²) in [5, 5.41) is 23.2. The lowest BCUT2D eigenvalue weighted by atomic mass is 10.1. The van der Waals surface area contributed by atoms with E-state index in [4.69, 9.17) is 0 Å². The second-order valence-corrected chi connectivity index (χ2v) is 5.50. The van der Waals surface area contributed by atoms with Crippen molar-refractivity contribution in [2.24, 2.45) is 0 Å². The maximum Gasteiger partial charge on any atom is 0.269 e. The Hall–Kier alpha value is -2.25. The quantitative estimate of drug-likeness (QED) is 0.630. The first-order valence-electron chi connectivity index (χ1n) is 6.43. The molecule has 114 valence electrons. The van der Waals surface area contributed by atoms with E-state index in [0.717, 1.165) is 4.47 Å². The number of carbonyl (C=O) groups is 1. The van der Waals surface area contributed by atoms with Crippen molar-refractivity contribution in [2.45, 2.75) is 6.10 Å². The number of nitro benzene ring substituents is 1. The molecule has 0 aliphatic rings. The Morgan fingerprint density at radius 2 is 1.95 bits per heavy atom. The summed E-state index contributed by atoms with van der Waals surface area (Å²) < 4.78 is 0.788. The molecule has 0 aliphatic carbocycles. The van der Waals surface area contributed by atoms with Crippen LogP contribution in [0.15, 0.2) is 53.0 Å². The van der Waals surface area contributed by atoms with E-state index < -0.39 is 11.0 Å². The minimum Gasteiger partial charge on any atom is -0.387 e. The zero-order valence-electron chi connectivity index (χ0n) is 11.4. The molecule has 0 heterocycles. The number of hydrogen-bond donors (Lipinski definition) is 2. The Labute approximate surface area is 135 Å². The number of hydrogen-bond acceptors (Lipinski definition) is 4. The molecule has 0 saturated carbocycles. The maximum atomic E-state index is 11.9. The minimum absolute atomic E-state index is 0.0170. The molecule has 0 spiro atoms. The van der Waals surface area contributed by atoms with Crippen LogP contribution in [0.3, 0.4) is 0 Å². The fraction of sp³-hybridized carbons (Fsp3) is 0.133. The highest BCUT2D eigenvalue weighted by atomic mass is 79.9. The van der Waals surface area contributed by atoms with Gasteiger partial charge >= 0.3 is 0 Å². The van der Waals surface area contributed by atoms with Crippen LogP contribution in [-0.2, 0) is 0 Å². The first-order valence-corrected chi connectivity index (χ1v) is 7.23. The highest BCUT2D eigenvalue weighted by molar-refractivity contribution is 9.10. The number of carbonyl (C=O) groups excluding carboxylic acids is 1. The van der Waals surface area contributed by atoms with E-state index in [2.05, 4.69) is 21.2 Å². The van der Waals surface area contributed by atoms with Gasteiger partial charge in [-0.3, -0.25) is 14.9 Å². The van der Waals surface area contributed by atoms with Gasteiger partial charge < -0.3 is 10.4 Å². The molecule has 0 unspecified atom stereocenters. The number of nitrogens with zero attached hydrogens (tertiary/aromatic N) is 1. The Balaban J connectivity index is 1.96. The van der Waals surface area contributed by atoms with Gasteiger partial charge in [0.05, 0.1) is 11.0 Å². The van der Waals surface area contributed by atoms with Crippen LogP contribution < -0.4 is 5.32 Å². The number of halogens is 1. The molecular weight excluding hydrogens is 352 g/mol. The van der Waals surface area contributed by atoms with Crippen LogP contribution in [0.2, 0.25) is 0 Å². The summed E-state index contributed by atoms with van der Waals surface area (Å²) in [6, 6.07) is 12.5. The molecule has 6 nitrogen and oxygen atoms in total. The fourth-order valence-electron chi connectivity index (χ4n) is 1.86. The Morgan fingerprint density at radius 1 is 1.27 bits per heavy atom. The van der Waals surface area contributed by atoms with Crippen LogP contribution in [0.1, 0.15) is 22.0 Å². The summed E-state index contributed by atoms with van der Waals surface area (Å²) in [7, 11) is 0. The minimum atomic E-state index is -0.933. The third-order valence-electron chi connectivity index (χ3n) is 3.03. The number of nitro groups is 1. The molecule has 0 fully saturated rings. The summed E-state index contributed by atoms with van der Waals surface area (Å²) >= 11 is 3.28. The average Bonchev–Trinajstić information content (AvgIpc) is 2.52. The predicted molar refractivity (Wildman–Crippen MR) is 84.5 cm³/mol. The number of aliphatic hydroxyl groups excluding tert-OH is 1. The summed E-state index contributed by atoms with van der Waals surface area (Å²) in [5.41, 5.74) is 0.930. The predicted octanol–water partition coefficient (Wildman–Crippen LogP) is 2.82. The van der Waals surface area contributed by atoms with Crippen molar-refractivity contribution >= 4 is 27.5 Å². The van der Waals surface area contributed by atoms with E-state index >= 15 is 0 Å². The smallest absolute Gasteiger partial charge is 0.269 e. The topological polar surface area (TPSA) is 92.5 Å². The fourth-order valence-corrected chi connectivity index (χ4v) is 2.26. The molecule has 2 aromatic carbocycles. The van der Waals surface area contributed by atoms with E-state index in [0.29, 0.717) is 11.1 Å². The van der Waals surface area contributed by atoms with E-state index in [1.165, 1.54) is 24.3 Å². The summed E-state index contributed by atoms with van der Waals surface area (Å²) in [5.74, 6) is -0.303. The zero-order valence-corrected chi connectivity index (χ0v) is 13.0. The van der Waals surface area contributed by atoms with E-state index in [9.17, 15) is 20.0 Å². The number of benzene rings is 2. The van der Waals surface area contributed by atoms with Crippen molar-refractivity contribution in [3.05, 3.63) is 74.2 Å². The largest absolute Gasteiger partial charge is 0.387 e. The number of aliphatic hydroxyl groups is 1. The second kappa shape index (κ2) is 7.15. The second-order valence-electron chi connectivity index (χ2n) is 4.58. The van der Waals surface area contributed by atoms with Crippen LogP contribution >= 0.6 is 15.9 Å². The Bertz CT molecular complexity index is 688. The SMILES string of the molecule is O=C(NC[C@@H](O)c1ccc([N+](=O)[O-])cc1)c1cccc(Br)c1. The van der Waals surface area contributed by atoms with Crippen molar-refractivity contribution in [1.29, 1.82) is 0 Å². The van der Waals surface area contributed by atoms with Crippen LogP contribution in [0.25, 0.3) is 0 Å². The standard InChI is InChI=1S/C15H13BrN2O4/c16-12-3-1-2-11(8-12)15(20)17-9-14(19)10-4-6-13(7-5-10)18(21)22/h1-8,14,19H,9H2,(H,17,20)/t14-/m1/s1. The number of amides is 1. The van der Waals surface area contributed by atoms with Gasteiger partial charge in [0.15, 0.2) is 0 Å². The van der Waals surface area contributed by atoms with Crippen molar-refractivity contribution in [2.75, 3.05) is 6.54 Å². The normalized spacial score (nSPS) is 11.7. The van der Waals surface area contributed by atoms with Crippen LogP contribution in [0, 0.1) is 10.1 Å². The van der Waals surface area contributed by atoms with Crippen molar-refractivity contribution < 1.29 is 14.8 Å². The molecule has 2 N–H and O–H groups in total. The summed E-state index contributed by atoms with van der Waals surface area (Å²) in [6.45, 7) is 0.0170. The van der Waals surface area contributed by atoms with Gasteiger partial charge in [0.1, 0.15) is 0 Å². The molecule has 0 aromatic heterocycles. The molecular formula is C15H13BrN2O4. The lowest BCUT2D eigenvalue weighted by molar-refractivity contribution is -0.384. The van der Waals surface area contributed by atoms with Gasteiger partial charge in [0.2, 0.25) is 0 Å². The molecule has 22 heavy (non-hydrogen) atoms. The van der Waals surface area contributed by atoms with Gasteiger partial charge in [-0.1, -0.05) is 22.0 Å². The first-order chi connectivity index (χ1) is 10.5. The van der Waals surface area contributed by atoms with Crippen molar-refractivity contribution in [3.8, 4) is 0 Å². The van der Waals surface area contributed by atoms with Gasteiger partial charge in [-0.15, -0.1) is 0 Å². The molecule has 0 aliphatic heterocycles. The van der Waals surface area contributed by atoms with Crippen LogP contribution in [0.4, 0.5) is 5.69 Å². The molecule has 0 bridgehead atoms. The number of rotatable bonds is 5. The van der Waals surface area contributed by atoms with E-state index in [1.807, 2.05) is 6.07 Å². The maximum absolute atomic E-state index is 11.9. The molecule has 0 saturated heterocycles. The molecule has 2 aromatic rings. The molecule has 2 rings (SSSR count). The molecule has 1 amide bonds. The lowest BCUT2D eigenvalue weighted by Crippen LogP contribution is -2.28. The third kappa shape index (κ3) is 4.12. The summed E-state index contributed by atoms with van der Waals surface area (Å²) in [6.07, 6.45) is -0.933. The van der Waals surface area contributed by atoms with Crippen molar-refractivity contribution in [3.63, 3.8) is 0 Å². The van der Waals surface area contributed by atoms with Gasteiger partial charge in [0.25, 0.3) is 11.6 Å². The number of non-ortho nitro benzene ring substituents is 1. The highest BCUT2D eigenvalue weighted by Crippen LogP contribution is 2.17. The first kappa shape index (κ1) is 16.1. The highest BCUT2D eigenvalue weighted by Gasteiger charge is 2.12. The molecule has 1 atom stereocenters. The van der Waals surface area contributed by atoms with Crippen molar-refractivity contribution in [1.82, 2.24) is 5.32 Å². The lowest BCUT2D eigenvalue weighted by Gasteiger charge is -2.12. The van der Waals surface area contributed by atoms with Gasteiger partial charge in [-0.25, -0.2) is 0 Å². The molecule has 7 heteroatoms. The molecule has 0 radical (unpaired) electrons. The monoisotopic (exact) mass is 364 g/mol. The van der Waals surface area contributed by atoms with E-state index in [1.54, 1.807) is 18.2 Å². The van der Waals surface area contributed by atoms with Gasteiger partial charge in [-0.05, 0) is 35.9 Å². The Morgan fingerprint density at radius 3 is 2.55 bits per heavy atom. The van der Waals surface area contributed by atoms with Gasteiger partial charge in [0, 0.05) is 28.7 Å². The van der Waals surface area contributed by atoms with Crippen LogP contribution in [0.5, 0.6) is 0 Å². The number of nitrogens with one attached hydrogen (secondary N) is 1.